The first-order valence-corrected chi connectivity index (χ1v) is 7.98. The van der Waals surface area contributed by atoms with Crippen LogP contribution in [0.15, 0.2) is 79.3 Å². The number of hydrogen-bond donors (Lipinski definition) is 2. The van der Waals surface area contributed by atoms with E-state index in [1.54, 1.807) is 18.5 Å². The highest BCUT2D eigenvalue weighted by atomic mass is 16.5. The Hall–Kier alpha value is -3.67. The van der Waals surface area contributed by atoms with E-state index in [9.17, 15) is 0 Å². The molecule has 0 spiro atoms. The molecule has 0 radical (unpaired) electrons. The molecule has 0 saturated heterocycles. The van der Waals surface area contributed by atoms with Gasteiger partial charge in [0.25, 0.3) is 0 Å². The first-order valence-electron chi connectivity index (χ1n) is 7.98. The standard InChI is InChI=1S/C20H18N4O2/c21-11-10-19(22)15-2-4-17(5-3-15)26-18-8-6-16(7-9-18)25-14-20-23-12-1-13-24-20/h1-13,22H,14,21H2. The predicted molar refractivity (Wildman–Crippen MR) is 99.5 cm³/mol. The Bertz CT molecular complexity index is 876. The molecule has 1 heterocycles. The molecule has 26 heavy (non-hydrogen) atoms. The van der Waals surface area contributed by atoms with Gasteiger partial charge in [-0.05, 0) is 72.4 Å². The molecule has 130 valence electrons. The lowest BCUT2D eigenvalue weighted by Gasteiger charge is -2.08. The van der Waals surface area contributed by atoms with Crippen LogP contribution in [0, 0.1) is 5.41 Å². The van der Waals surface area contributed by atoms with Gasteiger partial charge in [-0.25, -0.2) is 9.97 Å². The van der Waals surface area contributed by atoms with E-state index in [0.717, 1.165) is 5.56 Å². The van der Waals surface area contributed by atoms with Crippen molar-refractivity contribution in [1.29, 1.82) is 5.41 Å². The van der Waals surface area contributed by atoms with Gasteiger partial charge in [0, 0.05) is 12.4 Å². The summed E-state index contributed by atoms with van der Waals surface area (Å²) in [4.78, 5) is 8.22. The SMILES string of the molecule is N=C(C=CN)c1ccc(Oc2ccc(OCc3ncccn3)cc2)cc1. The van der Waals surface area contributed by atoms with Crippen molar-refractivity contribution in [2.75, 3.05) is 0 Å². The van der Waals surface area contributed by atoms with Crippen molar-refractivity contribution in [3.05, 3.63) is 90.7 Å². The maximum absolute atomic E-state index is 7.82. The number of hydrogen-bond acceptors (Lipinski definition) is 6. The van der Waals surface area contributed by atoms with Gasteiger partial charge in [0.15, 0.2) is 5.82 Å². The second-order valence-corrected chi connectivity index (χ2v) is 5.32. The van der Waals surface area contributed by atoms with Crippen molar-refractivity contribution in [1.82, 2.24) is 9.97 Å². The Morgan fingerprint density at radius 1 is 0.923 bits per heavy atom. The van der Waals surface area contributed by atoms with E-state index in [4.69, 9.17) is 20.6 Å². The lowest BCUT2D eigenvalue weighted by atomic mass is 10.1. The zero-order valence-electron chi connectivity index (χ0n) is 14.0. The van der Waals surface area contributed by atoms with Gasteiger partial charge >= 0.3 is 0 Å². The highest BCUT2D eigenvalue weighted by Gasteiger charge is 2.02. The van der Waals surface area contributed by atoms with Gasteiger partial charge in [-0.3, -0.25) is 0 Å². The molecule has 0 aliphatic carbocycles. The van der Waals surface area contributed by atoms with Crippen LogP contribution in [-0.2, 0) is 6.61 Å². The Morgan fingerprint density at radius 2 is 1.50 bits per heavy atom. The number of aromatic nitrogens is 2. The zero-order valence-corrected chi connectivity index (χ0v) is 14.0. The molecule has 0 bridgehead atoms. The summed E-state index contributed by atoms with van der Waals surface area (Å²) in [6.07, 6.45) is 6.25. The fraction of sp³-hybridized carbons (Fsp3) is 0.0500. The van der Waals surface area contributed by atoms with Crippen molar-refractivity contribution in [2.24, 2.45) is 5.73 Å². The largest absolute Gasteiger partial charge is 0.486 e. The first kappa shape index (κ1) is 17.2. The third-order valence-corrected chi connectivity index (χ3v) is 3.47. The maximum Gasteiger partial charge on any atom is 0.166 e. The third-order valence-electron chi connectivity index (χ3n) is 3.47. The molecule has 6 heteroatoms. The number of benzene rings is 2. The molecule has 0 unspecified atom stereocenters. The predicted octanol–water partition coefficient (Wildman–Crippen LogP) is 3.69. The van der Waals surface area contributed by atoms with Gasteiger partial charge in [-0.15, -0.1) is 0 Å². The van der Waals surface area contributed by atoms with Gasteiger partial charge in [-0.2, -0.15) is 0 Å². The average Bonchev–Trinajstić information content (AvgIpc) is 2.69. The Balaban J connectivity index is 1.58. The van der Waals surface area contributed by atoms with Crippen LogP contribution in [-0.4, -0.2) is 15.7 Å². The summed E-state index contributed by atoms with van der Waals surface area (Å²) in [6, 6.07) is 16.3. The lowest BCUT2D eigenvalue weighted by molar-refractivity contribution is 0.295. The molecule has 0 amide bonds. The van der Waals surface area contributed by atoms with Crippen LogP contribution < -0.4 is 15.2 Å². The van der Waals surface area contributed by atoms with Crippen molar-refractivity contribution in [3.8, 4) is 17.2 Å². The van der Waals surface area contributed by atoms with E-state index in [1.165, 1.54) is 12.3 Å². The van der Waals surface area contributed by atoms with E-state index in [0.29, 0.717) is 35.4 Å². The topological polar surface area (TPSA) is 94.1 Å². The summed E-state index contributed by atoms with van der Waals surface area (Å²) in [5.74, 6) is 2.72. The average molecular weight is 346 g/mol. The minimum atomic E-state index is 0.311. The van der Waals surface area contributed by atoms with Gasteiger partial charge in [0.1, 0.15) is 23.9 Å². The van der Waals surface area contributed by atoms with E-state index in [2.05, 4.69) is 9.97 Å². The molecule has 3 N–H and O–H groups in total. The second kappa shape index (κ2) is 8.43. The van der Waals surface area contributed by atoms with Crippen molar-refractivity contribution >= 4 is 5.71 Å². The van der Waals surface area contributed by atoms with Gasteiger partial charge in [0.05, 0.1) is 5.71 Å². The van der Waals surface area contributed by atoms with Crippen molar-refractivity contribution < 1.29 is 9.47 Å². The Labute approximate surface area is 151 Å². The first-order chi connectivity index (χ1) is 12.7. The Kier molecular flexibility index (Phi) is 5.57. The quantitative estimate of drug-likeness (QED) is 0.636. The molecule has 0 aliphatic rings. The Morgan fingerprint density at radius 3 is 2.12 bits per heavy atom. The molecular weight excluding hydrogens is 328 g/mol. The van der Waals surface area contributed by atoms with Gasteiger partial charge < -0.3 is 20.6 Å². The fourth-order valence-electron chi connectivity index (χ4n) is 2.19. The second-order valence-electron chi connectivity index (χ2n) is 5.32. The summed E-state index contributed by atoms with van der Waals surface area (Å²) < 4.78 is 11.4. The molecule has 2 aromatic carbocycles. The van der Waals surface area contributed by atoms with Crippen molar-refractivity contribution in [2.45, 2.75) is 6.61 Å². The summed E-state index contributed by atoms with van der Waals surface area (Å²) >= 11 is 0. The van der Waals surface area contributed by atoms with Crippen LogP contribution in [0.5, 0.6) is 17.2 Å². The van der Waals surface area contributed by atoms with Crippen LogP contribution in [0.3, 0.4) is 0 Å². The number of nitrogens with one attached hydrogen (secondary N) is 1. The number of allylic oxidation sites excluding steroid dienone is 1. The minimum Gasteiger partial charge on any atom is -0.486 e. The normalized spacial score (nSPS) is 10.6. The molecule has 0 fully saturated rings. The molecule has 3 aromatic rings. The summed E-state index contributed by atoms with van der Waals surface area (Å²) in [5.41, 5.74) is 6.42. The number of rotatable bonds is 7. The number of nitrogens with zero attached hydrogens (tertiary/aromatic N) is 2. The zero-order chi connectivity index (χ0) is 18.2. The van der Waals surface area contributed by atoms with Crippen molar-refractivity contribution in [3.63, 3.8) is 0 Å². The molecule has 1 aromatic heterocycles. The summed E-state index contributed by atoms with van der Waals surface area (Å²) in [5, 5.41) is 7.82. The van der Waals surface area contributed by atoms with E-state index in [-0.39, 0.29) is 0 Å². The highest BCUT2D eigenvalue weighted by Crippen LogP contribution is 2.24. The fourth-order valence-corrected chi connectivity index (χ4v) is 2.19. The molecule has 0 atom stereocenters. The lowest BCUT2D eigenvalue weighted by Crippen LogP contribution is -2.00. The maximum atomic E-state index is 7.82. The van der Waals surface area contributed by atoms with E-state index >= 15 is 0 Å². The van der Waals surface area contributed by atoms with E-state index < -0.39 is 0 Å². The summed E-state index contributed by atoms with van der Waals surface area (Å²) in [6.45, 7) is 0.311. The van der Waals surface area contributed by atoms with Crippen LogP contribution >= 0.6 is 0 Å². The van der Waals surface area contributed by atoms with Gasteiger partial charge in [-0.1, -0.05) is 0 Å². The molecule has 3 rings (SSSR count). The number of nitrogens with two attached hydrogens (primary N) is 1. The highest BCUT2D eigenvalue weighted by molar-refractivity contribution is 6.06. The smallest absolute Gasteiger partial charge is 0.166 e. The van der Waals surface area contributed by atoms with E-state index in [1.807, 2.05) is 48.5 Å². The van der Waals surface area contributed by atoms with Crippen LogP contribution in [0.4, 0.5) is 0 Å². The minimum absolute atomic E-state index is 0.311. The number of ether oxygens (including phenoxy) is 2. The van der Waals surface area contributed by atoms with Crippen LogP contribution in [0.1, 0.15) is 11.4 Å². The summed E-state index contributed by atoms with van der Waals surface area (Å²) in [7, 11) is 0. The third kappa shape index (κ3) is 4.67. The molecule has 0 saturated carbocycles. The van der Waals surface area contributed by atoms with Gasteiger partial charge in [0.2, 0.25) is 0 Å². The molecule has 0 aliphatic heterocycles. The van der Waals surface area contributed by atoms with Crippen LogP contribution in [0.25, 0.3) is 0 Å². The molecule has 6 nitrogen and oxygen atoms in total. The van der Waals surface area contributed by atoms with Crippen LogP contribution in [0.2, 0.25) is 0 Å². The monoisotopic (exact) mass is 346 g/mol. The molecular formula is C20H18N4O2.